The molecule has 1 heterocycles. The number of aromatic nitrogens is 2. The third kappa shape index (κ3) is 1.44. The summed E-state index contributed by atoms with van der Waals surface area (Å²) >= 11 is 0. The Morgan fingerprint density at radius 2 is 2.42 bits per heavy atom. The molecule has 1 aromatic rings. The molecule has 3 nitrogen and oxygen atoms in total. The summed E-state index contributed by atoms with van der Waals surface area (Å²) in [5, 5.41) is 4.15. The van der Waals surface area contributed by atoms with Crippen LogP contribution < -0.4 is 5.73 Å². The van der Waals surface area contributed by atoms with Gasteiger partial charge in [-0.25, -0.2) is 0 Å². The van der Waals surface area contributed by atoms with Crippen LogP contribution >= 0.6 is 0 Å². The highest BCUT2D eigenvalue weighted by atomic mass is 15.3. The van der Waals surface area contributed by atoms with E-state index in [0.717, 1.165) is 24.1 Å². The number of nitrogen functional groups attached to an aromatic ring is 1. The first-order valence-corrected chi connectivity index (χ1v) is 4.52. The van der Waals surface area contributed by atoms with E-state index in [1.807, 2.05) is 10.9 Å². The zero-order chi connectivity index (χ0) is 8.55. The van der Waals surface area contributed by atoms with Gasteiger partial charge in [-0.1, -0.05) is 6.92 Å². The maximum Gasteiger partial charge on any atom is 0.0719 e. The van der Waals surface area contributed by atoms with Crippen molar-refractivity contribution in [1.29, 1.82) is 0 Å². The maximum absolute atomic E-state index is 5.56. The van der Waals surface area contributed by atoms with Gasteiger partial charge in [0, 0.05) is 12.7 Å². The van der Waals surface area contributed by atoms with E-state index in [2.05, 4.69) is 12.0 Å². The zero-order valence-electron chi connectivity index (χ0n) is 7.40. The number of hydrogen-bond acceptors (Lipinski definition) is 2. The molecule has 0 unspecified atom stereocenters. The standard InChI is InChI=1S/C9H15N3/c1-7-2-8(3-7)5-12-6-9(10)4-11-12/h4,6-8H,2-3,5,10H2,1H3. The van der Waals surface area contributed by atoms with E-state index in [1.165, 1.54) is 12.8 Å². The summed E-state index contributed by atoms with van der Waals surface area (Å²) in [6, 6.07) is 0. The van der Waals surface area contributed by atoms with Crippen LogP contribution in [0.2, 0.25) is 0 Å². The van der Waals surface area contributed by atoms with Crippen molar-refractivity contribution in [2.45, 2.75) is 26.3 Å². The summed E-state index contributed by atoms with van der Waals surface area (Å²) in [6.45, 7) is 3.34. The van der Waals surface area contributed by atoms with Crippen molar-refractivity contribution < 1.29 is 0 Å². The Bertz CT molecular complexity index is 260. The lowest BCUT2D eigenvalue weighted by Gasteiger charge is -2.32. The third-order valence-corrected chi connectivity index (χ3v) is 2.57. The van der Waals surface area contributed by atoms with Crippen molar-refractivity contribution in [1.82, 2.24) is 9.78 Å². The van der Waals surface area contributed by atoms with Gasteiger partial charge in [-0.2, -0.15) is 5.10 Å². The SMILES string of the molecule is CC1CC(Cn2cc(N)cn2)C1. The van der Waals surface area contributed by atoms with Gasteiger partial charge in [0.1, 0.15) is 0 Å². The van der Waals surface area contributed by atoms with Crippen molar-refractivity contribution in [2.24, 2.45) is 11.8 Å². The van der Waals surface area contributed by atoms with Gasteiger partial charge in [-0.15, -0.1) is 0 Å². The largest absolute Gasteiger partial charge is 0.396 e. The summed E-state index contributed by atoms with van der Waals surface area (Å²) in [6.07, 6.45) is 6.31. The van der Waals surface area contributed by atoms with Gasteiger partial charge in [-0.3, -0.25) is 4.68 Å². The predicted molar refractivity (Wildman–Crippen MR) is 48.5 cm³/mol. The van der Waals surface area contributed by atoms with Crippen LogP contribution in [0.4, 0.5) is 5.69 Å². The fraction of sp³-hybridized carbons (Fsp3) is 0.667. The van der Waals surface area contributed by atoms with Crippen LogP contribution in [0, 0.1) is 11.8 Å². The fourth-order valence-electron chi connectivity index (χ4n) is 1.96. The van der Waals surface area contributed by atoms with Gasteiger partial charge in [0.15, 0.2) is 0 Å². The van der Waals surface area contributed by atoms with Crippen LogP contribution in [0.3, 0.4) is 0 Å². The molecule has 1 saturated carbocycles. The second-order valence-electron chi connectivity index (χ2n) is 3.94. The van der Waals surface area contributed by atoms with E-state index < -0.39 is 0 Å². The Morgan fingerprint density at radius 1 is 1.67 bits per heavy atom. The third-order valence-electron chi connectivity index (χ3n) is 2.57. The molecule has 1 aromatic heterocycles. The molecule has 0 radical (unpaired) electrons. The minimum absolute atomic E-state index is 0.766. The molecular formula is C9H15N3. The minimum atomic E-state index is 0.766. The molecule has 66 valence electrons. The summed E-state index contributed by atoms with van der Waals surface area (Å²) < 4.78 is 1.95. The number of hydrogen-bond donors (Lipinski definition) is 1. The van der Waals surface area contributed by atoms with E-state index in [1.54, 1.807) is 6.20 Å². The molecule has 1 fully saturated rings. The van der Waals surface area contributed by atoms with Crippen molar-refractivity contribution >= 4 is 5.69 Å². The van der Waals surface area contributed by atoms with Crippen LogP contribution in [-0.2, 0) is 6.54 Å². The van der Waals surface area contributed by atoms with Crippen LogP contribution in [-0.4, -0.2) is 9.78 Å². The van der Waals surface area contributed by atoms with Crippen LogP contribution in [0.15, 0.2) is 12.4 Å². The molecule has 1 aliphatic carbocycles. The lowest BCUT2D eigenvalue weighted by Crippen LogP contribution is -2.25. The average molecular weight is 165 g/mol. The number of rotatable bonds is 2. The van der Waals surface area contributed by atoms with Crippen LogP contribution in [0.25, 0.3) is 0 Å². The second kappa shape index (κ2) is 2.81. The highest BCUT2D eigenvalue weighted by Crippen LogP contribution is 2.33. The first-order chi connectivity index (χ1) is 5.74. The molecule has 0 amide bonds. The van der Waals surface area contributed by atoms with E-state index in [4.69, 9.17) is 5.73 Å². The predicted octanol–water partition coefficient (Wildman–Crippen LogP) is 1.51. The minimum Gasteiger partial charge on any atom is -0.396 e. The normalized spacial score (nSPS) is 28.4. The van der Waals surface area contributed by atoms with Crippen molar-refractivity contribution in [2.75, 3.05) is 5.73 Å². The van der Waals surface area contributed by atoms with Crippen molar-refractivity contribution in [3.8, 4) is 0 Å². The van der Waals surface area contributed by atoms with E-state index in [9.17, 15) is 0 Å². The van der Waals surface area contributed by atoms with Crippen LogP contribution in [0.1, 0.15) is 19.8 Å². The first-order valence-electron chi connectivity index (χ1n) is 4.52. The highest BCUT2D eigenvalue weighted by Gasteiger charge is 2.25. The van der Waals surface area contributed by atoms with E-state index >= 15 is 0 Å². The highest BCUT2D eigenvalue weighted by molar-refractivity contribution is 5.30. The molecule has 2 N–H and O–H groups in total. The summed E-state index contributed by atoms with van der Waals surface area (Å²) in [5.74, 6) is 1.75. The topological polar surface area (TPSA) is 43.8 Å². The Morgan fingerprint density at radius 3 is 2.92 bits per heavy atom. The summed E-state index contributed by atoms with van der Waals surface area (Å²) in [5.41, 5.74) is 6.32. The fourth-order valence-corrected chi connectivity index (χ4v) is 1.96. The van der Waals surface area contributed by atoms with Gasteiger partial charge in [0.2, 0.25) is 0 Å². The Hall–Kier alpha value is -0.990. The number of nitrogens with two attached hydrogens (primary N) is 1. The van der Waals surface area contributed by atoms with Crippen LogP contribution in [0.5, 0.6) is 0 Å². The summed E-state index contributed by atoms with van der Waals surface area (Å²) in [7, 11) is 0. The smallest absolute Gasteiger partial charge is 0.0719 e. The van der Waals surface area contributed by atoms with Gasteiger partial charge >= 0.3 is 0 Å². The molecule has 0 bridgehead atoms. The van der Waals surface area contributed by atoms with E-state index in [0.29, 0.717) is 0 Å². The van der Waals surface area contributed by atoms with Gasteiger partial charge in [0.25, 0.3) is 0 Å². The number of anilines is 1. The molecule has 12 heavy (non-hydrogen) atoms. The number of nitrogens with zero attached hydrogens (tertiary/aromatic N) is 2. The zero-order valence-corrected chi connectivity index (χ0v) is 7.40. The lowest BCUT2D eigenvalue weighted by molar-refractivity contribution is 0.182. The molecule has 0 aromatic carbocycles. The quantitative estimate of drug-likeness (QED) is 0.722. The lowest BCUT2D eigenvalue weighted by atomic mass is 9.76. The monoisotopic (exact) mass is 165 g/mol. The molecule has 2 rings (SSSR count). The van der Waals surface area contributed by atoms with Gasteiger partial charge in [0.05, 0.1) is 11.9 Å². The molecule has 0 spiro atoms. The maximum atomic E-state index is 5.56. The van der Waals surface area contributed by atoms with Crippen molar-refractivity contribution in [3.05, 3.63) is 12.4 Å². The Kier molecular flexibility index (Phi) is 1.79. The molecule has 0 saturated heterocycles. The second-order valence-corrected chi connectivity index (χ2v) is 3.94. The molecule has 1 aliphatic rings. The van der Waals surface area contributed by atoms with E-state index in [-0.39, 0.29) is 0 Å². The van der Waals surface area contributed by atoms with Gasteiger partial charge in [-0.05, 0) is 24.7 Å². The molecule has 0 aliphatic heterocycles. The molecular weight excluding hydrogens is 150 g/mol. The van der Waals surface area contributed by atoms with Crippen molar-refractivity contribution in [3.63, 3.8) is 0 Å². The average Bonchev–Trinajstić information content (AvgIpc) is 2.33. The Labute approximate surface area is 72.6 Å². The Balaban J connectivity index is 1.88. The molecule has 0 atom stereocenters. The first kappa shape index (κ1) is 7.65. The molecule has 3 heteroatoms. The van der Waals surface area contributed by atoms with Gasteiger partial charge < -0.3 is 5.73 Å². The summed E-state index contributed by atoms with van der Waals surface area (Å²) in [4.78, 5) is 0.